The molecule has 4 N–H and O–H groups in total. The average molecular weight is 315 g/mol. The van der Waals surface area contributed by atoms with E-state index in [-0.39, 0.29) is 6.04 Å². The summed E-state index contributed by atoms with van der Waals surface area (Å²) in [6.07, 6.45) is 0.787. The van der Waals surface area contributed by atoms with Crippen LogP contribution < -0.4 is 11.5 Å². The van der Waals surface area contributed by atoms with Crippen molar-refractivity contribution in [3.63, 3.8) is 0 Å². The lowest BCUT2D eigenvalue weighted by Crippen LogP contribution is -2.16. The molecule has 0 fully saturated rings. The fraction of sp³-hybridized carbons (Fsp3) is 0.136. The Morgan fingerprint density at radius 3 is 1.79 bits per heavy atom. The standard InChI is InChI=1S/C22H23N2/c23-15-14-21(24)19-12-7-13-20(16-19)22(17-8-3-1-4-9-17)18-10-5-2-6-11-18/h1-13,16,21H,14-15,23-24H2. The zero-order chi connectivity index (χ0) is 16.8. The summed E-state index contributed by atoms with van der Waals surface area (Å²) in [7, 11) is 0. The van der Waals surface area contributed by atoms with Gasteiger partial charge in [0, 0.05) is 6.04 Å². The van der Waals surface area contributed by atoms with Crippen molar-refractivity contribution in [1.29, 1.82) is 0 Å². The van der Waals surface area contributed by atoms with Gasteiger partial charge in [0.15, 0.2) is 0 Å². The lowest BCUT2D eigenvalue weighted by molar-refractivity contribution is 0.661. The second kappa shape index (κ2) is 7.91. The van der Waals surface area contributed by atoms with E-state index in [9.17, 15) is 0 Å². The average Bonchev–Trinajstić information content (AvgIpc) is 2.64. The largest absolute Gasteiger partial charge is 0.330 e. The van der Waals surface area contributed by atoms with Crippen molar-refractivity contribution in [2.24, 2.45) is 11.5 Å². The van der Waals surface area contributed by atoms with Crippen LogP contribution >= 0.6 is 0 Å². The summed E-state index contributed by atoms with van der Waals surface area (Å²) in [6, 6.07) is 29.4. The third kappa shape index (κ3) is 3.73. The Balaban J connectivity index is 2.05. The minimum Gasteiger partial charge on any atom is -0.330 e. The van der Waals surface area contributed by atoms with Gasteiger partial charge in [0.05, 0.1) is 5.92 Å². The molecule has 1 atom stereocenters. The van der Waals surface area contributed by atoms with E-state index < -0.39 is 0 Å². The van der Waals surface area contributed by atoms with Crippen molar-refractivity contribution >= 4 is 0 Å². The van der Waals surface area contributed by atoms with Gasteiger partial charge in [-0.25, -0.2) is 0 Å². The Hall–Kier alpha value is -2.42. The Kier molecular flexibility index (Phi) is 5.42. The Morgan fingerprint density at radius 2 is 1.25 bits per heavy atom. The molecule has 0 bridgehead atoms. The molecule has 0 saturated heterocycles. The van der Waals surface area contributed by atoms with Gasteiger partial charge >= 0.3 is 0 Å². The van der Waals surface area contributed by atoms with Crippen LogP contribution in [0.4, 0.5) is 0 Å². The first kappa shape index (κ1) is 16.4. The van der Waals surface area contributed by atoms with Gasteiger partial charge in [-0.1, -0.05) is 84.9 Å². The van der Waals surface area contributed by atoms with Crippen molar-refractivity contribution in [3.05, 3.63) is 113 Å². The number of rotatable bonds is 6. The number of benzene rings is 3. The highest BCUT2D eigenvalue weighted by molar-refractivity contribution is 5.57. The molecule has 3 rings (SSSR count). The fourth-order valence-corrected chi connectivity index (χ4v) is 2.98. The molecule has 1 radical (unpaired) electrons. The molecule has 0 heterocycles. The van der Waals surface area contributed by atoms with Crippen LogP contribution in [0.2, 0.25) is 0 Å². The molecular weight excluding hydrogens is 292 g/mol. The van der Waals surface area contributed by atoms with Crippen molar-refractivity contribution in [2.75, 3.05) is 6.54 Å². The summed E-state index contributed by atoms with van der Waals surface area (Å²) in [5.41, 5.74) is 16.6. The summed E-state index contributed by atoms with van der Waals surface area (Å²) in [6.45, 7) is 0.597. The van der Waals surface area contributed by atoms with Gasteiger partial charge in [0.1, 0.15) is 0 Å². The minimum absolute atomic E-state index is 0.0252. The van der Waals surface area contributed by atoms with Gasteiger partial charge in [-0.05, 0) is 35.2 Å². The van der Waals surface area contributed by atoms with Crippen molar-refractivity contribution in [2.45, 2.75) is 12.5 Å². The molecule has 0 aliphatic carbocycles. The van der Waals surface area contributed by atoms with E-state index in [1.165, 1.54) is 22.6 Å². The highest BCUT2D eigenvalue weighted by Crippen LogP contribution is 2.32. The molecule has 3 aromatic rings. The summed E-state index contributed by atoms with van der Waals surface area (Å²) < 4.78 is 0. The molecule has 0 amide bonds. The normalized spacial score (nSPS) is 12.3. The molecule has 0 saturated carbocycles. The number of hydrogen-bond donors (Lipinski definition) is 2. The number of nitrogens with two attached hydrogens (primary N) is 2. The fourth-order valence-electron chi connectivity index (χ4n) is 2.98. The molecule has 0 aliphatic heterocycles. The zero-order valence-electron chi connectivity index (χ0n) is 13.7. The van der Waals surface area contributed by atoms with Crippen LogP contribution in [0.5, 0.6) is 0 Å². The summed E-state index contributed by atoms with van der Waals surface area (Å²) in [5, 5.41) is 0. The van der Waals surface area contributed by atoms with Gasteiger partial charge in [0.25, 0.3) is 0 Å². The lowest BCUT2D eigenvalue weighted by Gasteiger charge is -2.20. The van der Waals surface area contributed by atoms with E-state index in [1.807, 2.05) is 12.1 Å². The van der Waals surface area contributed by atoms with Crippen LogP contribution in [-0.4, -0.2) is 6.54 Å². The third-order valence-corrected chi connectivity index (χ3v) is 4.21. The van der Waals surface area contributed by atoms with Crippen LogP contribution in [0.1, 0.15) is 34.7 Å². The van der Waals surface area contributed by atoms with E-state index in [1.54, 1.807) is 0 Å². The first-order valence-electron chi connectivity index (χ1n) is 8.33. The molecule has 121 valence electrons. The highest BCUT2D eigenvalue weighted by atomic mass is 14.7. The van der Waals surface area contributed by atoms with Crippen LogP contribution in [0.3, 0.4) is 0 Å². The molecule has 3 aromatic carbocycles. The first-order chi connectivity index (χ1) is 11.8. The molecule has 0 aromatic heterocycles. The van der Waals surface area contributed by atoms with Crippen molar-refractivity contribution in [3.8, 4) is 0 Å². The maximum atomic E-state index is 6.26. The Labute approximate surface area is 144 Å². The molecule has 24 heavy (non-hydrogen) atoms. The van der Waals surface area contributed by atoms with Crippen molar-refractivity contribution < 1.29 is 0 Å². The monoisotopic (exact) mass is 315 g/mol. The second-order valence-corrected chi connectivity index (χ2v) is 5.92. The summed E-state index contributed by atoms with van der Waals surface area (Å²) in [4.78, 5) is 0. The number of hydrogen-bond acceptors (Lipinski definition) is 2. The summed E-state index contributed by atoms with van der Waals surface area (Å²) >= 11 is 0. The van der Waals surface area contributed by atoms with Crippen LogP contribution in [-0.2, 0) is 0 Å². The van der Waals surface area contributed by atoms with Crippen LogP contribution in [0.25, 0.3) is 0 Å². The van der Waals surface area contributed by atoms with E-state index >= 15 is 0 Å². The molecular formula is C22H23N2. The van der Waals surface area contributed by atoms with Gasteiger partial charge in [-0.3, -0.25) is 0 Å². The Bertz CT molecular complexity index is 714. The van der Waals surface area contributed by atoms with E-state index in [0.717, 1.165) is 12.0 Å². The molecule has 0 spiro atoms. The quantitative estimate of drug-likeness (QED) is 0.674. The predicted octanol–water partition coefficient (Wildman–Crippen LogP) is 4.05. The Morgan fingerprint density at radius 1 is 0.708 bits per heavy atom. The summed E-state index contributed by atoms with van der Waals surface area (Å²) in [5.74, 6) is 1.22. The lowest BCUT2D eigenvalue weighted by atomic mass is 9.84. The smallest absolute Gasteiger partial charge is 0.0629 e. The topological polar surface area (TPSA) is 52.0 Å². The van der Waals surface area contributed by atoms with Crippen LogP contribution in [0.15, 0.2) is 84.9 Å². The van der Waals surface area contributed by atoms with E-state index in [2.05, 4.69) is 72.8 Å². The molecule has 1 unspecified atom stereocenters. The third-order valence-electron chi connectivity index (χ3n) is 4.21. The van der Waals surface area contributed by atoms with Gasteiger partial charge in [0.2, 0.25) is 0 Å². The van der Waals surface area contributed by atoms with Crippen molar-refractivity contribution in [1.82, 2.24) is 0 Å². The molecule has 0 aliphatic rings. The second-order valence-electron chi connectivity index (χ2n) is 5.92. The maximum absolute atomic E-state index is 6.26. The zero-order valence-corrected chi connectivity index (χ0v) is 13.7. The minimum atomic E-state index is -0.0252. The SMILES string of the molecule is NCCC(N)c1cccc([C](c2ccccc2)c2ccccc2)c1. The predicted molar refractivity (Wildman–Crippen MR) is 100 cm³/mol. The highest BCUT2D eigenvalue weighted by Gasteiger charge is 2.18. The van der Waals surface area contributed by atoms with Gasteiger partial charge in [-0.15, -0.1) is 0 Å². The molecule has 2 heteroatoms. The van der Waals surface area contributed by atoms with E-state index in [0.29, 0.717) is 6.54 Å². The first-order valence-corrected chi connectivity index (χ1v) is 8.33. The van der Waals surface area contributed by atoms with E-state index in [4.69, 9.17) is 11.5 Å². The van der Waals surface area contributed by atoms with Gasteiger partial charge in [-0.2, -0.15) is 0 Å². The molecule has 2 nitrogen and oxygen atoms in total. The maximum Gasteiger partial charge on any atom is 0.0629 e. The van der Waals surface area contributed by atoms with Crippen LogP contribution in [0, 0.1) is 5.92 Å². The van der Waals surface area contributed by atoms with Gasteiger partial charge < -0.3 is 11.5 Å².